The molecule has 0 saturated carbocycles. The van der Waals surface area contributed by atoms with Crippen molar-refractivity contribution in [2.45, 2.75) is 65.5 Å². The Hall–Kier alpha value is -1.69. The van der Waals surface area contributed by atoms with Gasteiger partial charge in [0.05, 0.1) is 5.39 Å². The predicted molar refractivity (Wildman–Crippen MR) is 96.7 cm³/mol. The van der Waals surface area contributed by atoms with Crippen LogP contribution in [-0.2, 0) is 17.6 Å². The van der Waals surface area contributed by atoms with Gasteiger partial charge in [-0.15, -0.1) is 11.3 Å². The molecule has 0 atom stereocenters. The first-order valence-corrected chi connectivity index (χ1v) is 9.50. The van der Waals surface area contributed by atoms with Crippen LogP contribution in [0.1, 0.15) is 51.0 Å². The number of hydrogen-bond acceptors (Lipinski definition) is 5. The summed E-state index contributed by atoms with van der Waals surface area (Å²) in [4.78, 5) is 25.5. The molecule has 6 heteroatoms. The number of carbonyl (C=O) groups excluding carboxylic acids is 1. The fourth-order valence-electron chi connectivity index (χ4n) is 3.55. The smallest absolute Gasteiger partial charge is 0.261 e. The average Bonchev–Trinajstić information content (AvgIpc) is 2.91. The molecule has 0 unspecified atom stereocenters. The highest BCUT2D eigenvalue weighted by molar-refractivity contribution is 7.18. The van der Waals surface area contributed by atoms with Crippen LogP contribution in [-0.4, -0.2) is 39.5 Å². The minimum atomic E-state index is -0.00383. The molecule has 1 aliphatic carbocycles. The molecule has 2 aromatic heterocycles. The number of nitrogens with zero attached hydrogens (tertiary/aromatic N) is 3. The highest BCUT2D eigenvalue weighted by Gasteiger charge is 2.23. The number of hydrogen-bond donors (Lipinski definition) is 0. The standard InChI is InChI=1S/C18H25N3O2S/c1-11(2)21(12(3)4)15(22)9-23-17-16-13-7-5-6-8-14(13)24-18(16)20-10-19-17/h10-12H,5-9H2,1-4H3. The van der Waals surface area contributed by atoms with Crippen molar-refractivity contribution in [3.63, 3.8) is 0 Å². The average molecular weight is 347 g/mol. The number of aryl methyl sites for hydroxylation is 2. The van der Waals surface area contributed by atoms with Crippen molar-refractivity contribution in [1.82, 2.24) is 14.9 Å². The molecule has 5 nitrogen and oxygen atoms in total. The molecule has 130 valence electrons. The maximum atomic E-state index is 12.5. The minimum absolute atomic E-state index is 0.00383. The van der Waals surface area contributed by atoms with Gasteiger partial charge >= 0.3 is 0 Å². The summed E-state index contributed by atoms with van der Waals surface area (Å²) in [5.74, 6) is 0.552. The molecule has 0 aromatic carbocycles. The van der Waals surface area contributed by atoms with Crippen LogP contribution in [0.3, 0.4) is 0 Å². The van der Waals surface area contributed by atoms with Gasteiger partial charge in [-0.3, -0.25) is 4.79 Å². The van der Waals surface area contributed by atoms with E-state index in [9.17, 15) is 4.79 Å². The Morgan fingerprint density at radius 2 is 1.92 bits per heavy atom. The van der Waals surface area contributed by atoms with Crippen molar-refractivity contribution in [2.24, 2.45) is 0 Å². The Morgan fingerprint density at radius 1 is 1.21 bits per heavy atom. The van der Waals surface area contributed by atoms with E-state index >= 15 is 0 Å². The maximum Gasteiger partial charge on any atom is 0.261 e. The molecule has 2 aromatic rings. The van der Waals surface area contributed by atoms with E-state index in [2.05, 4.69) is 9.97 Å². The van der Waals surface area contributed by atoms with Crippen LogP contribution in [0.15, 0.2) is 6.33 Å². The van der Waals surface area contributed by atoms with Crippen molar-refractivity contribution in [2.75, 3.05) is 6.61 Å². The van der Waals surface area contributed by atoms with Crippen molar-refractivity contribution >= 4 is 27.5 Å². The summed E-state index contributed by atoms with van der Waals surface area (Å²) in [6.45, 7) is 8.12. The molecule has 0 fully saturated rings. The molecule has 0 radical (unpaired) electrons. The summed E-state index contributed by atoms with van der Waals surface area (Å²) in [7, 11) is 0. The van der Waals surface area contributed by atoms with Crippen molar-refractivity contribution in [3.05, 3.63) is 16.8 Å². The lowest BCUT2D eigenvalue weighted by atomic mass is 9.97. The monoisotopic (exact) mass is 347 g/mol. The third-order valence-electron chi connectivity index (χ3n) is 4.45. The first-order chi connectivity index (χ1) is 11.5. The van der Waals surface area contributed by atoms with Crippen LogP contribution in [0.25, 0.3) is 10.2 Å². The van der Waals surface area contributed by atoms with E-state index < -0.39 is 0 Å². The second-order valence-electron chi connectivity index (χ2n) is 6.85. The number of thiophene rings is 1. The van der Waals surface area contributed by atoms with E-state index in [1.807, 2.05) is 32.6 Å². The summed E-state index contributed by atoms with van der Waals surface area (Å²) in [5, 5.41) is 1.02. The zero-order chi connectivity index (χ0) is 17.3. The molecule has 0 spiro atoms. The quantitative estimate of drug-likeness (QED) is 0.829. The zero-order valence-electron chi connectivity index (χ0n) is 14.8. The molecule has 1 aliphatic rings. The van der Waals surface area contributed by atoms with Gasteiger partial charge < -0.3 is 9.64 Å². The van der Waals surface area contributed by atoms with Gasteiger partial charge in [-0.2, -0.15) is 0 Å². The van der Waals surface area contributed by atoms with Crippen molar-refractivity contribution in [3.8, 4) is 5.88 Å². The Kier molecular flexibility index (Phi) is 5.04. The van der Waals surface area contributed by atoms with Crippen LogP contribution >= 0.6 is 11.3 Å². The summed E-state index contributed by atoms with van der Waals surface area (Å²) in [6, 6.07) is 0.306. The van der Waals surface area contributed by atoms with Crippen LogP contribution in [0.5, 0.6) is 5.88 Å². The molecule has 1 amide bonds. The van der Waals surface area contributed by atoms with Gasteiger partial charge in [0.25, 0.3) is 5.91 Å². The van der Waals surface area contributed by atoms with Gasteiger partial charge in [-0.05, 0) is 58.9 Å². The highest BCUT2D eigenvalue weighted by atomic mass is 32.1. The molecule has 0 saturated heterocycles. The van der Waals surface area contributed by atoms with Gasteiger partial charge in [0.15, 0.2) is 6.61 Å². The molecule has 0 bridgehead atoms. The summed E-state index contributed by atoms with van der Waals surface area (Å²) < 4.78 is 5.85. The Morgan fingerprint density at radius 3 is 2.62 bits per heavy atom. The lowest BCUT2D eigenvalue weighted by Crippen LogP contribution is -2.44. The molecule has 0 N–H and O–H groups in total. The highest BCUT2D eigenvalue weighted by Crippen LogP contribution is 2.38. The van der Waals surface area contributed by atoms with Gasteiger partial charge in [0.1, 0.15) is 11.2 Å². The first kappa shape index (κ1) is 17.1. The number of aromatic nitrogens is 2. The van der Waals surface area contributed by atoms with Crippen molar-refractivity contribution in [1.29, 1.82) is 0 Å². The largest absolute Gasteiger partial charge is 0.467 e. The van der Waals surface area contributed by atoms with Crippen LogP contribution in [0, 0.1) is 0 Å². The number of amides is 1. The fourth-order valence-corrected chi connectivity index (χ4v) is 4.77. The molecular formula is C18H25N3O2S. The maximum absolute atomic E-state index is 12.5. The van der Waals surface area contributed by atoms with Gasteiger partial charge in [-0.25, -0.2) is 9.97 Å². The van der Waals surface area contributed by atoms with Gasteiger partial charge in [-0.1, -0.05) is 0 Å². The predicted octanol–water partition coefficient (Wildman–Crippen LogP) is 3.59. The number of carbonyl (C=O) groups is 1. The minimum Gasteiger partial charge on any atom is -0.467 e. The second kappa shape index (κ2) is 7.05. The van der Waals surface area contributed by atoms with Crippen LogP contribution in [0.2, 0.25) is 0 Å². The lowest BCUT2D eigenvalue weighted by molar-refractivity contribution is -0.137. The second-order valence-corrected chi connectivity index (χ2v) is 7.93. The van der Waals surface area contributed by atoms with E-state index in [1.54, 1.807) is 11.3 Å². The van der Waals surface area contributed by atoms with E-state index in [1.165, 1.54) is 29.6 Å². The van der Waals surface area contributed by atoms with Gasteiger partial charge in [0.2, 0.25) is 5.88 Å². The molecule has 3 rings (SSSR count). The number of rotatable bonds is 5. The third kappa shape index (κ3) is 3.24. The number of ether oxygens (including phenoxy) is 1. The lowest BCUT2D eigenvalue weighted by Gasteiger charge is -2.30. The summed E-state index contributed by atoms with van der Waals surface area (Å²) in [6.07, 6.45) is 6.13. The van der Waals surface area contributed by atoms with E-state index in [4.69, 9.17) is 4.74 Å². The Labute approximate surface area is 147 Å². The molecule has 2 heterocycles. The van der Waals surface area contributed by atoms with E-state index in [0.29, 0.717) is 5.88 Å². The van der Waals surface area contributed by atoms with E-state index in [0.717, 1.165) is 23.1 Å². The third-order valence-corrected chi connectivity index (χ3v) is 5.65. The van der Waals surface area contributed by atoms with Crippen LogP contribution < -0.4 is 4.74 Å². The van der Waals surface area contributed by atoms with Crippen molar-refractivity contribution < 1.29 is 9.53 Å². The number of fused-ring (bicyclic) bond motifs is 3. The normalized spacial score (nSPS) is 14.2. The van der Waals surface area contributed by atoms with Crippen LogP contribution in [0.4, 0.5) is 0 Å². The topological polar surface area (TPSA) is 55.3 Å². The van der Waals surface area contributed by atoms with Gasteiger partial charge in [0, 0.05) is 17.0 Å². The fraction of sp³-hybridized carbons (Fsp3) is 0.611. The summed E-state index contributed by atoms with van der Waals surface area (Å²) in [5.41, 5.74) is 1.33. The van der Waals surface area contributed by atoms with E-state index in [-0.39, 0.29) is 24.6 Å². The SMILES string of the molecule is CC(C)N(C(=O)COc1ncnc2sc3c(c12)CCCC3)C(C)C. The molecular weight excluding hydrogens is 322 g/mol. The molecule has 24 heavy (non-hydrogen) atoms. The zero-order valence-corrected chi connectivity index (χ0v) is 15.7. The Balaban J connectivity index is 1.83. The summed E-state index contributed by atoms with van der Waals surface area (Å²) >= 11 is 1.74. The first-order valence-electron chi connectivity index (χ1n) is 8.68. The Bertz CT molecular complexity index is 731. The molecule has 0 aliphatic heterocycles.